The molecule has 1 N–H and O–H groups in total. The zero-order chi connectivity index (χ0) is 15.9. The average molecular weight is 308 g/mol. The van der Waals surface area contributed by atoms with Crippen LogP contribution in [0, 0.1) is 6.92 Å². The molecule has 3 aromatic rings. The van der Waals surface area contributed by atoms with Gasteiger partial charge in [0.05, 0.1) is 13.2 Å². The van der Waals surface area contributed by atoms with Crippen LogP contribution in [0.5, 0.6) is 0 Å². The van der Waals surface area contributed by atoms with Crippen LogP contribution in [0.1, 0.15) is 11.1 Å². The van der Waals surface area contributed by atoms with Crippen molar-refractivity contribution in [1.29, 1.82) is 0 Å². The Hall–Kier alpha value is -2.50. The Morgan fingerprint density at radius 1 is 1.04 bits per heavy atom. The van der Waals surface area contributed by atoms with Crippen molar-refractivity contribution in [3.63, 3.8) is 0 Å². The fourth-order valence-electron chi connectivity index (χ4n) is 2.56. The number of aryl methyl sites for hydroxylation is 1. The van der Waals surface area contributed by atoms with Gasteiger partial charge in [0.2, 0.25) is 5.82 Å². The van der Waals surface area contributed by atoms with E-state index in [1.54, 1.807) is 0 Å². The fourth-order valence-corrected chi connectivity index (χ4v) is 2.56. The molecule has 23 heavy (non-hydrogen) atoms. The maximum Gasteiger partial charge on any atom is 0.258 e. The van der Waals surface area contributed by atoms with E-state index in [-0.39, 0.29) is 0 Å². The fraction of sp³-hybridized carbons (Fsp3) is 0.222. The Balaban J connectivity index is 1.66. The summed E-state index contributed by atoms with van der Waals surface area (Å²) in [5.74, 6) is 0.988. The monoisotopic (exact) mass is 308 g/mol. The molecular weight excluding hydrogens is 292 g/mol. The lowest BCUT2D eigenvalue weighted by atomic mass is 9.91. The second-order valence-corrected chi connectivity index (χ2v) is 5.89. The first-order chi connectivity index (χ1) is 11.1. The van der Waals surface area contributed by atoms with Gasteiger partial charge < -0.3 is 14.4 Å². The first kappa shape index (κ1) is 14.1. The normalized spacial score (nSPS) is 16.1. The lowest BCUT2D eigenvalue weighted by molar-refractivity contribution is -0.184. The van der Waals surface area contributed by atoms with Gasteiger partial charge in [-0.05, 0) is 24.6 Å². The van der Waals surface area contributed by atoms with Gasteiger partial charge in [0, 0.05) is 11.1 Å². The van der Waals surface area contributed by atoms with Crippen LogP contribution in [0.3, 0.4) is 0 Å². The van der Waals surface area contributed by atoms with E-state index < -0.39 is 5.60 Å². The molecule has 5 nitrogen and oxygen atoms in total. The third-order valence-corrected chi connectivity index (χ3v) is 4.06. The highest BCUT2D eigenvalue weighted by Crippen LogP contribution is 2.32. The highest BCUT2D eigenvalue weighted by molar-refractivity contribution is 5.60. The highest BCUT2D eigenvalue weighted by Gasteiger charge is 2.38. The van der Waals surface area contributed by atoms with Gasteiger partial charge in [0.15, 0.2) is 0 Å². The van der Waals surface area contributed by atoms with Gasteiger partial charge in [-0.2, -0.15) is 4.98 Å². The average Bonchev–Trinajstić information content (AvgIpc) is 3.03. The summed E-state index contributed by atoms with van der Waals surface area (Å²) >= 11 is 0. The van der Waals surface area contributed by atoms with Gasteiger partial charge in [-0.15, -0.1) is 0 Å². The molecule has 4 rings (SSSR count). The van der Waals surface area contributed by atoms with Crippen molar-refractivity contribution in [3.05, 3.63) is 59.7 Å². The Labute approximate surface area is 133 Å². The van der Waals surface area contributed by atoms with Crippen molar-refractivity contribution in [1.82, 2.24) is 10.1 Å². The van der Waals surface area contributed by atoms with Crippen LogP contribution in [0.15, 0.2) is 53.1 Å². The van der Waals surface area contributed by atoms with Crippen LogP contribution < -0.4 is 0 Å². The summed E-state index contributed by atoms with van der Waals surface area (Å²) in [6, 6.07) is 15.5. The topological polar surface area (TPSA) is 68.4 Å². The maximum absolute atomic E-state index is 10.4. The molecule has 0 radical (unpaired) electrons. The Morgan fingerprint density at radius 3 is 2.52 bits per heavy atom. The van der Waals surface area contributed by atoms with Crippen molar-refractivity contribution < 1.29 is 14.4 Å². The summed E-state index contributed by atoms with van der Waals surface area (Å²) in [5, 5.41) is 14.4. The molecule has 0 bridgehead atoms. The summed E-state index contributed by atoms with van der Waals surface area (Å²) in [5.41, 5.74) is 2.77. The number of hydrogen-bond acceptors (Lipinski definition) is 5. The van der Waals surface area contributed by atoms with Crippen LogP contribution in [0.2, 0.25) is 0 Å². The molecule has 0 unspecified atom stereocenters. The quantitative estimate of drug-likeness (QED) is 0.805. The largest absolute Gasteiger partial charge is 0.380 e. The van der Waals surface area contributed by atoms with E-state index in [2.05, 4.69) is 10.1 Å². The second-order valence-electron chi connectivity index (χ2n) is 5.89. The summed E-state index contributed by atoms with van der Waals surface area (Å²) in [7, 11) is 0. The number of ether oxygens (including phenoxy) is 1. The maximum atomic E-state index is 10.4. The van der Waals surface area contributed by atoms with E-state index in [4.69, 9.17) is 9.26 Å². The van der Waals surface area contributed by atoms with Crippen LogP contribution in [0.25, 0.3) is 22.8 Å². The van der Waals surface area contributed by atoms with Crippen molar-refractivity contribution in [2.24, 2.45) is 0 Å². The Morgan fingerprint density at radius 2 is 1.83 bits per heavy atom. The van der Waals surface area contributed by atoms with E-state index in [1.807, 2.05) is 55.5 Å². The van der Waals surface area contributed by atoms with Gasteiger partial charge in [-0.3, -0.25) is 0 Å². The molecule has 0 amide bonds. The van der Waals surface area contributed by atoms with E-state index in [1.165, 1.54) is 5.56 Å². The van der Waals surface area contributed by atoms with Gasteiger partial charge in [0.25, 0.3) is 5.89 Å². The SMILES string of the molecule is Cc1ccc(-c2noc(-c3cccc(C4(O)COC4)c3)n2)cc1. The molecule has 2 heterocycles. The molecule has 2 aromatic carbocycles. The summed E-state index contributed by atoms with van der Waals surface area (Å²) in [6.07, 6.45) is 0. The van der Waals surface area contributed by atoms with E-state index in [0.717, 1.165) is 16.7 Å². The zero-order valence-electron chi connectivity index (χ0n) is 12.7. The Bertz CT molecular complexity index is 835. The van der Waals surface area contributed by atoms with Gasteiger partial charge >= 0.3 is 0 Å². The summed E-state index contributed by atoms with van der Waals surface area (Å²) < 4.78 is 10.5. The molecule has 1 saturated heterocycles. The first-order valence-electron chi connectivity index (χ1n) is 7.46. The van der Waals surface area contributed by atoms with Crippen LogP contribution in [-0.2, 0) is 10.3 Å². The number of aromatic nitrogens is 2. The van der Waals surface area contributed by atoms with Gasteiger partial charge in [-0.1, -0.05) is 47.1 Å². The van der Waals surface area contributed by atoms with Gasteiger partial charge in [0.1, 0.15) is 5.60 Å². The molecule has 0 spiro atoms. The minimum Gasteiger partial charge on any atom is -0.380 e. The summed E-state index contributed by atoms with van der Waals surface area (Å²) in [4.78, 5) is 4.46. The number of hydrogen-bond donors (Lipinski definition) is 1. The highest BCUT2D eigenvalue weighted by atomic mass is 16.5. The molecule has 1 aliphatic heterocycles. The van der Waals surface area contributed by atoms with Crippen molar-refractivity contribution >= 4 is 0 Å². The predicted molar refractivity (Wildman–Crippen MR) is 84.6 cm³/mol. The minimum absolute atomic E-state index is 0.314. The summed E-state index contributed by atoms with van der Waals surface area (Å²) in [6.45, 7) is 2.66. The van der Waals surface area contributed by atoms with E-state index >= 15 is 0 Å². The number of benzene rings is 2. The molecule has 0 atom stereocenters. The smallest absolute Gasteiger partial charge is 0.258 e. The van der Waals surface area contributed by atoms with Crippen molar-refractivity contribution in [2.75, 3.05) is 13.2 Å². The van der Waals surface area contributed by atoms with Gasteiger partial charge in [-0.25, -0.2) is 0 Å². The number of rotatable bonds is 3. The molecule has 1 aromatic heterocycles. The van der Waals surface area contributed by atoms with Crippen LogP contribution in [0.4, 0.5) is 0 Å². The zero-order valence-corrected chi connectivity index (χ0v) is 12.7. The van der Waals surface area contributed by atoms with Crippen LogP contribution in [-0.4, -0.2) is 28.5 Å². The van der Waals surface area contributed by atoms with Crippen molar-refractivity contribution in [2.45, 2.75) is 12.5 Å². The van der Waals surface area contributed by atoms with Crippen LogP contribution >= 0.6 is 0 Å². The third-order valence-electron chi connectivity index (χ3n) is 4.06. The molecule has 1 fully saturated rings. The standard InChI is InChI=1S/C18H16N2O3/c1-12-5-7-13(8-6-12)16-19-17(23-20-16)14-3-2-4-15(9-14)18(21)10-22-11-18/h2-9,21H,10-11H2,1H3. The lowest BCUT2D eigenvalue weighted by Gasteiger charge is -2.36. The molecule has 5 heteroatoms. The second kappa shape index (κ2) is 5.30. The van der Waals surface area contributed by atoms with E-state index in [0.29, 0.717) is 24.9 Å². The molecular formula is C18H16N2O3. The third kappa shape index (κ3) is 2.54. The minimum atomic E-state index is -0.907. The Kier molecular flexibility index (Phi) is 3.25. The van der Waals surface area contributed by atoms with Crippen molar-refractivity contribution in [3.8, 4) is 22.8 Å². The molecule has 116 valence electrons. The van der Waals surface area contributed by atoms with E-state index in [9.17, 15) is 5.11 Å². The number of nitrogens with zero attached hydrogens (tertiary/aromatic N) is 2. The number of aliphatic hydroxyl groups is 1. The lowest BCUT2D eigenvalue weighted by Crippen LogP contribution is -2.46. The molecule has 1 aliphatic rings. The molecule has 0 aliphatic carbocycles. The molecule has 0 saturated carbocycles. The first-order valence-corrected chi connectivity index (χ1v) is 7.46. The predicted octanol–water partition coefficient (Wildman–Crippen LogP) is 2.93.